The lowest BCUT2D eigenvalue weighted by Gasteiger charge is -2.07. The van der Waals surface area contributed by atoms with Crippen molar-refractivity contribution in [2.75, 3.05) is 0 Å². The molecule has 3 rings (SSSR count). The van der Waals surface area contributed by atoms with Gasteiger partial charge in [0.05, 0.1) is 14.1 Å². The number of aromatic nitrogens is 1. The molecule has 0 bridgehead atoms. The fourth-order valence-electron chi connectivity index (χ4n) is 1.77. The Labute approximate surface area is 123 Å². The molecule has 6 heteroatoms. The Balaban J connectivity index is 2.05. The van der Waals surface area contributed by atoms with Crippen LogP contribution in [0.3, 0.4) is 0 Å². The molecule has 0 radical (unpaired) electrons. The van der Waals surface area contributed by atoms with E-state index in [9.17, 15) is 4.79 Å². The van der Waals surface area contributed by atoms with E-state index in [0.717, 1.165) is 14.9 Å². The van der Waals surface area contributed by atoms with Crippen LogP contribution in [0.1, 0.15) is 16.0 Å². The maximum atomic E-state index is 11.1. The minimum atomic E-state index is -0.424. The van der Waals surface area contributed by atoms with Crippen LogP contribution in [0.25, 0.3) is 11.1 Å². The zero-order valence-corrected chi connectivity index (χ0v) is 12.9. The second kappa shape index (κ2) is 4.68. The average molecular weight is 389 g/mol. The standard InChI is InChI=1S/C12H7Br2NO2S/c13-10-4-7(5-18-10)11(14)6-1-2-8-9(3-6)17-12(16)15-8/h1-5,11H,(H,15,16). The molecule has 0 aliphatic carbocycles. The maximum absolute atomic E-state index is 11.1. The van der Waals surface area contributed by atoms with Gasteiger partial charge in [0.2, 0.25) is 0 Å². The highest BCUT2D eigenvalue weighted by Crippen LogP contribution is 2.35. The summed E-state index contributed by atoms with van der Waals surface area (Å²) in [5.74, 6) is -0.424. The van der Waals surface area contributed by atoms with Gasteiger partial charge in [0.25, 0.3) is 0 Å². The molecule has 2 heterocycles. The number of H-pyrrole nitrogens is 1. The van der Waals surface area contributed by atoms with E-state index in [1.54, 1.807) is 11.3 Å². The number of alkyl halides is 1. The molecule has 2 aromatic heterocycles. The van der Waals surface area contributed by atoms with E-state index in [2.05, 4.69) is 48.3 Å². The van der Waals surface area contributed by atoms with Crippen LogP contribution < -0.4 is 5.76 Å². The van der Waals surface area contributed by atoms with Crippen molar-refractivity contribution in [2.24, 2.45) is 0 Å². The average Bonchev–Trinajstić information content (AvgIpc) is 2.92. The molecule has 1 atom stereocenters. The quantitative estimate of drug-likeness (QED) is 0.660. The summed E-state index contributed by atoms with van der Waals surface area (Å²) in [6.07, 6.45) is 0. The third-order valence-corrected chi connectivity index (χ3v) is 5.20. The van der Waals surface area contributed by atoms with E-state index >= 15 is 0 Å². The number of aromatic amines is 1. The van der Waals surface area contributed by atoms with Gasteiger partial charge in [-0.2, -0.15) is 0 Å². The number of hydrogen-bond acceptors (Lipinski definition) is 3. The molecular weight excluding hydrogens is 382 g/mol. The van der Waals surface area contributed by atoms with Crippen LogP contribution in [-0.4, -0.2) is 4.98 Å². The van der Waals surface area contributed by atoms with Crippen molar-refractivity contribution in [3.63, 3.8) is 0 Å². The van der Waals surface area contributed by atoms with Gasteiger partial charge in [-0.25, -0.2) is 4.79 Å². The van der Waals surface area contributed by atoms with Crippen molar-refractivity contribution in [1.29, 1.82) is 0 Å². The van der Waals surface area contributed by atoms with Crippen molar-refractivity contribution < 1.29 is 4.42 Å². The predicted octanol–water partition coefficient (Wildman–Crippen LogP) is 4.43. The molecule has 1 unspecified atom stereocenters. The van der Waals surface area contributed by atoms with Crippen molar-refractivity contribution in [1.82, 2.24) is 4.98 Å². The Morgan fingerprint density at radius 1 is 1.28 bits per heavy atom. The molecule has 0 saturated carbocycles. The lowest BCUT2D eigenvalue weighted by atomic mass is 10.1. The van der Waals surface area contributed by atoms with Crippen LogP contribution >= 0.6 is 43.2 Å². The highest BCUT2D eigenvalue weighted by Gasteiger charge is 2.13. The van der Waals surface area contributed by atoms with E-state index in [1.807, 2.05) is 18.2 Å². The summed E-state index contributed by atoms with van der Waals surface area (Å²) < 4.78 is 6.15. The summed E-state index contributed by atoms with van der Waals surface area (Å²) in [4.78, 5) is 13.8. The number of fused-ring (bicyclic) bond motifs is 1. The monoisotopic (exact) mass is 387 g/mol. The highest BCUT2D eigenvalue weighted by molar-refractivity contribution is 9.11. The Morgan fingerprint density at radius 3 is 2.83 bits per heavy atom. The molecule has 3 nitrogen and oxygen atoms in total. The highest BCUT2D eigenvalue weighted by atomic mass is 79.9. The van der Waals surface area contributed by atoms with Gasteiger partial charge in [0, 0.05) is 0 Å². The molecule has 0 spiro atoms. The van der Waals surface area contributed by atoms with Gasteiger partial charge in [-0.3, -0.25) is 4.98 Å². The summed E-state index contributed by atoms with van der Waals surface area (Å²) in [5.41, 5.74) is 3.52. The first-order valence-corrected chi connectivity index (χ1v) is 7.73. The van der Waals surface area contributed by atoms with Crippen molar-refractivity contribution in [3.8, 4) is 0 Å². The predicted molar refractivity (Wildman–Crippen MR) is 79.6 cm³/mol. The van der Waals surface area contributed by atoms with E-state index in [1.165, 1.54) is 5.56 Å². The number of nitrogens with one attached hydrogen (secondary N) is 1. The smallest absolute Gasteiger partial charge is 0.408 e. The molecule has 0 amide bonds. The molecule has 0 aliphatic heterocycles. The summed E-state index contributed by atoms with van der Waals surface area (Å²) >= 11 is 8.75. The van der Waals surface area contributed by atoms with Gasteiger partial charge < -0.3 is 4.42 Å². The largest absolute Gasteiger partial charge is 0.417 e. The second-order valence-corrected chi connectivity index (χ2v) is 7.02. The maximum Gasteiger partial charge on any atom is 0.417 e. The molecular formula is C12H7Br2NO2S. The summed E-state index contributed by atoms with van der Waals surface area (Å²) in [6, 6.07) is 7.77. The number of rotatable bonds is 2. The van der Waals surface area contributed by atoms with Crippen LogP contribution in [0.4, 0.5) is 0 Å². The van der Waals surface area contributed by atoms with E-state index in [0.29, 0.717) is 5.58 Å². The molecule has 3 aromatic rings. The van der Waals surface area contributed by atoms with Gasteiger partial charge in [-0.1, -0.05) is 22.0 Å². The SMILES string of the molecule is O=c1[nH]c2ccc(C(Br)c3csc(Br)c3)cc2o1. The molecule has 0 aliphatic rings. The van der Waals surface area contributed by atoms with Crippen LogP contribution in [0.5, 0.6) is 0 Å². The lowest BCUT2D eigenvalue weighted by Crippen LogP contribution is -1.92. The molecule has 0 saturated heterocycles. The van der Waals surface area contributed by atoms with Gasteiger partial charge in [0.15, 0.2) is 5.58 Å². The topological polar surface area (TPSA) is 46.0 Å². The Hall–Kier alpha value is -0.850. The third kappa shape index (κ3) is 2.20. The first kappa shape index (κ1) is 12.2. The third-order valence-electron chi connectivity index (χ3n) is 2.62. The minimum absolute atomic E-state index is 0.0876. The summed E-state index contributed by atoms with van der Waals surface area (Å²) in [7, 11) is 0. The zero-order valence-electron chi connectivity index (χ0n) is 8.94. The Morgan fingerprint density at radius 2 is 2.11 bits per heavy atom. The minimum Gasteiger partial charge on any atom is -0.408 e. The van der Waals surface area contributed by atoms with Gasteiger partial charge in [0.1, 0.15) is 0 Å². The lowest BCUT2D eigenvalue weighted by molar-refractivity contribution is 0.555. The van der Waals surface area contributed by atoms with Gasteiger partial charge in [-0.15, -0.1) is 11.3 Å². The fourth-order valence-corrected chi connectivity index (χ4v) is 3.69. The summed E-state index contributed by atoms with van der Waals surface area (Å²) in [5, 5.41) is 2.08. The van der Waals surface area contributed by atoms with Crippen LogP contribution in [-0.2, 0) is 0 Å². The van der Waals surface area contributed by atoms with Crippen molar-refractivity contribution >= 4 is 54.3 Å². The van der Waals surface area contributed by atoms with Crippen LogP contribution in [0, 0.1) is 0 Å². The van der Waals surface area contributed by atoms with E-state index in [-0.39, 0.29) is 4.83 Å². The molecule has 1 N–H and O–H groups in total. The van der Waals surface area contributed by atoms with Crippen LogP contribution in [0.15, 0.2) is 42.6 Å². The fraction of sp³-hybridized carbons (Fsp3) is 0.0833. The van der Waals surface area contributed by atoms with E-state index in [4.69, 9.17) is 4.42 Å². The van der Waals surface area contributed by atoms with Gasteiger partial charge >= 0.3 is 5.76 Å². The number of halogens is 2. The van der Waals surface area contributed by atoms with Crippen molar-refractivity contribution in [3.05, 3.63) is 55.1 Å². The molecule has 0 fully saturated rings. The molecule has 92 valence electrons. The number of hydrogen-bond donors (Lipinski definition) is 1. The Kier molecular flexibility index (Phi) is 3.17. The number of benzene rings is 1. The first-order chi connectivity index (χ1) is 8.63. The zero-order chi connectivity index (χ0) is 12.7. The summed E-state index contributed by atoms with van der Waals surface area (Å²) in [6.45, 7) is 0. The van der Waals surface area contributed by atoms with Crippen molar-refractivity contribution in [2.45, 2.75) is 4.83 Å². The number of thiophene rings is 1. The molecule has 1 aromatic carbocycles. The van der Waals surface area contributed by atoms with E-state index < -0.39 is 5.76 Å². The second-order valence-electron chi connectivity index (χ2n) is 3.82. The first-order valence-electron chi connectivity index (χ1n) is 5.14. The molecule has 18 heavy (non-hydrogen) atoms. The Bertz CT molecular complexity index is 759. The van der Waals surface area contributed by atoms with Crippen LogP contribution in [0.2, 0.25) is 0 Å². The van der Waals surface area contributed by atoms with Gasteiger partial charge in [-0.05, 0) is 50.6 Å². The normalized spacial score (nSPS) is 13.0. The number of oxazole rings is 1.